The number of urea groups is 1. The van der Waals surface area contributed by atoms with E-state index in [9.17, 15) is 13.6 Å². The molecule has 11 heteroatoms. The summed E-state index contributed by atoms with van der Waals surface area (Å²) >= 11 is 11.8. The fourth-order valence-electron chi connectivity index (χ4n) is 2.70. The van der Waals surface area contributed by atoms with Gasteiger partial charge in [0.05, 0.1) is 34.8 Å². The Morgan fingerprint density at radius 3 is 2.55 bits per heavy atom. The Hall–Kier alpha value is -2.78. The normalized spacial score (nSPS) is 11.2. The number of hydrogen-bond donors (Lipinski definition) is 2. The molecule has 0 spiro atoms. The van der Waals surface area contributed by atoms with Gasteiger partial charge in [0, 0.05) is 5.56 Å². The summed E-state index contributed by atoms with van der Waals surface area (Å²) in [6, 6.07) is 4.03. The topological polar surface area (TPSA) is 89.0 Å². The highest BCUT2D eigenvalue weighted by Crippen LogP contribution is 2.31. The van der Waals surface area contributed by atoms with E-state index in [1.165, 1.54) is 12.3 Å². The SMILES string of the molecule is CC(C)c1c(NC(=O)Nc2cnc(OC(F)F)c(Cl)c2)cnc2ccc(Cl)nc12. The van der Waals surface area contributed by atoms with Crippen LogP contribution in [0.25, 0.3) is 11.0 Å². The first kappa shape index (κ1) is 20.9. The number of ether oxygens (including phenoxy) is 1. The standard InChI is InChI=1S/C18H15Cl2F2N5O2/c1-8(2)14-12(7-23-11-3-4-13(20)27-15(11)14)26-18(28)25-9-5-10(19)16(24-6-9)29-17(21)22/h3-8,17H,1-2H3,(H2,25,26,28). The van der Waals surface area contributed by atoms with Crippen molar-refractivity contribution in [1.29, 1.82) is 0 Å². The van der Waals surface area contributed by atoms with Crippen molar-refractivity contribution in [3.05, 3.63) is 46.3 Å². The maximum absolute atomic E-state index is 12.4. The Morgan fingerprint density at radius 2 is 1.90 bits per heavy atom. The molecule has 3 aromatic heterocycles. The van der Waals surface area contributed by atoms with Crippen LogP contribution >= 0.6 is 23.2 Å². The lowest BCUT2D eigenvalue weighted by Crippen LogP contribution is -2.21. The molecular formula is C18H15Cl2F2N5O2. The number of nitrogens with one attached hydrogen (secondary N) is 2. The molecule has 0 unspecified atom stereocenters. The zero-order valence-electron chi connectivity index (χ0n) is 15.2. The monoisotopic (exact) mass is 441 g/mol. The summed E-state index contributed by atoms with van der Waals surface area (Å²) < 4.78 is 28.7. The predicted octanol–water partition coefficient (Wildman–Crippen LogP) is 5.70. The maximum Gasteiger partial charge on any atom is 0.388 e. The summed E-state index contributed by atoms with van der Waals surface area (Å²) in [7, 11) is 0. The molecule has 3 aromatic rings. The summed E-state index contributed by atoms with van der Waals surface area (Å²) in [5.74, 6) is -0.417. The molecule has 0 bridgehead atoms. The second-order valence-corrected chi connectivity index (χ2v) is 7.01. The number of alkyl halides is 2. The van der Waals surface area contributed by atoms with Crippen LogP contribution in [-0.2, 0) is 0 Å². The van der Waals surface area contributed by atoms with E-state index in [4.69, 9.17) is 23.2 Å². The van der Waals surface area contributed by atoms with Gasteiger partial charge in [-0.2, -0.15) is 8.78 Å². The lowest BCUT2D eigenvalue weighted by molar-refractivity contribution is -0.0527. The van der Waals surface area contributed by atoms with Gasteiger partial charge < -0.3 is 15.4 Å². The van der Waals surface area contributed by atoms with Crippen LogP contribution in [0.3, 0.4) is 0 Å². The quantitative estimate of drug-likeness (QED) is 0.495. The van der Waals surface area contributed by atoms with Crippen LogP contribution in [0.4, 0.5) is 25.0 Å². The molecule has 7 nitrogen and oxygen atoms in total. The Balaban J connectivity index is 1.83. The first-order valence-corrected chi connectivity index (χ1v) is 9.13. The Labute approximate surface area is 174 Å². The van der Waals surface area contributed by atoms with Gasteiger partial charge in [-0.05, 0) is 24.1 Å². The summed E-state index contributed by atoms with van der Waals surface area (Å²) in [4.78, 5) is 24.7. The Bertz CT molecular complexity index is 1070. The number of halogens is 4. The number of pyridine rings is 3. The van der Waals surface area contributed by atoms with Gasteiger partial charge in [0.2, 0.25) is 5.88 Å². The van der Waals surface area contributed by atoms with Crippen molar-refractivity contribution in [3.63, 3.8) is 0 Å². The summed E-state index contributed by atoms with van der Waals surface area (Å²) in [5.41, 5.74) is 2.65. The highest BCUT2D eigenvalue weighted by Gasteiger charge is 2.17. The zero-order valence-corrected chi connectivity index (χ0v) is 16.7. The van der Waals surface area contributed by atoms with E-state index >= 15 is 0 Å². The molecular weight excluding hydrogens is 427 g/mol. The van der Waals surface area contributed by atoms with Crippen LogP contribution < -0.4 is 15.4 Å². The van der Waals surface area contributed by atoms with Gasteiger partial charge in [0.1, 0.15) is 10.2 Å². The molecule has 0 radical (unpaired) electrons. The molecule has 0 saturated heterocycles. The lowest BCUT2D eigenvalue weighted by Gasteiger charge is -2.16. The third kappa shape index (κ3) is 4.99. The van der Waals surface area contributed by atoms with Crippen LogP contribution in [0.2, 0.25) is 10.2 Å². The fourth-order valence-corrected chi connectivity index (χ4v) is 3.05. The third-order valence-electron chi connectivity index (χ3n) is 3.81. The minimum atomic E-state index is -3.06. The average molecular weight is 442 g/mol. The van der Waals surface area contributed by atoms with E-state index < -0.39 is 18.5 Å². The van der Waals surface area contributed by atoms with Crippen molar-refractivity contribution in [3.8, 4) is 5.88 Å². The van der Waals surface area contributed by atoms with Gasteiger partial charge in [-0.3, -0.25) is 4.98 Å². The smallest absolute Gasteiger partial charge is 0.388 e. The highest BCUT2D eigenvalue weighted by molar-refractivity contribution is 6.32. The first-order valence-electron chi connectivity index (χ1n) is 8.38. The minimum Gasteiger partial charge on any atom is -0.415 e. The van der Waals surface area contributed by atoms with Gasteiger partial charge in [-0.25, -0.2) is 14.8 Å². The van der Waals surface area contributed by atoms with E-state index in [-0.39, 0.29) is 16.6 Å². The van der Waals surface area contributed by atoms with Gasteiger partial charge >= 0.3 is 12.6 Å². The fraction of sp³-hybridized carbons (Fsp3) is 0.222. The van der Waals surface area contributed by atoms with Crippen molar-refractivity contribution in [2.45, 2.75) is 26.4 Å². The molecule has 29 heavy (non-hydrogen) atoms. The van der Waals surface area contributed by atoms with Crippen molar-refractivity contribution >= 4 is 51.6 Å². The molecule has 0 aliphatic carbocycles. The summed E-state index contributed by atoms with van der Waals surface area (Å²) in [6.45, 7) is 0.844. The highest BCUT2D eigenvalue weighted by atomic mass is 35.5. The number of hydrogen-bond acceptors (Lipinski definition) is 5. The summed E-state index contributed by atoms with van der Waals surface area (Å²) in [6.07, 6.45) is 2.67. The van der Waals surface area contributed by atoms with Crippen LogP contribution in [-0.4, -0.2) is 27.6 Å². The number of fused-ring (bicyclic) bond motifs is 1. The second kappa shape index (κ2) is 8.71. The lowest BCUT2D eigenvalue weighted by atomic mass is 10.0. The second-order valence-electron chi connectivity index (χ2n) is 6.21. The minimum absolute atomic E-state index is 0.0173. The van der Waals surface area contributed by atoms with Gasteiger partial charge in [-0.15, -0.1) is 0 Å². The molecule has 0 saturated carbocycles. The first-order chi connectivity index (χ1) is 13.7. The van der Waals surface area contributed by atoms with Crippen molar-refractivity contribution < 1.29 is 18.3 Å². The van der Waals surface area contributed by atoms with Gasteiger partial charge in [-0.1, -0.05) is 37.0 Å². The van der Waals surface area contributed by atoms with Crippen LogP contribution in [0, 0.1) is 0 Å². The zero-order chi connectivity index (χ0) is 21.1. The maximum atomic E-state index is 12.4. The molecule has 0 aliphatic heterocycles. The van der Waals surface area contributed by atoms with Crippen LogP contribution in [0.5, 0.6) is 5.88 Å². The number of amides is 2. The molecule has 152 valence electrons. The Morgan fingerprint density at radius 1 is 1.14 bits per heavy atom. The van der Waals surface area contributed by atoms with E-state index in [1.54, 1.807) is 12.1 Å². The molecule has 0 fully saturated rings. The molecule has 0 aromatic carbocycles. The molecule has 2 amide bonds. The molecule has 2 N–H and O–H groups in total. The van der Waals surface area contributed by atoms with Crippen LogP contribution in [0.15, 0.2) is 30.6 Å². The van der Waals surface area contributed by atoms with E-state index in [0.717, 1.165) is 11.8 Å². The Kier molecular flexibility index (Phi) is 6.29. The van der Waals surface area contributed by atoms with Gasteiger partial charge in [0.15, 0.2) is 0 Å². The van der Waals surface area contributed by atoms with E-state index in [0.29, 0.717) is 21.9 Å². The van der Waals surface area contributed by atoms with Gasteiger partial charge in [0.25, 0.3) is 0 Å². The third-order valence-corrected chi connectivity index (χ3v) is 4.29. The number of carbonyl (C=O) groups excluding carboxylic acids is 1. The largest absolute Gasteiger partial charge is 0.415 e. The average Bonchev–Trinajstić information content (AvgIpc) is 2.63. The number of rotatable bonds is 5. The van der Waals surface area contributed by atoms with E-state index in [2.05, 4.69) is 30.3 Å². The van der Waals surface area contributed by atoms with Crippen molar-refractivity contribution in [2.75, 3.05) is 10.6 Å². The molecule has 0 atom stereocenters. The molecule has 0 aliphatic rings. The molecule has 3 heterocycles. The van der Waals surface area contributed by atoms with E-state index in [1.807, 2.05) is 13.8 Å². The van der Waals surface area contributed by atoms with Crippen LogP contribution in [0.1, 0.15) is 25.3 Å². The summed E-state index contributed by atoms with van der Waals surface area (Å²) in [5, 5.41) is 5.37. The van der Waals surface area contributed by atoms with Crippen molar-refractivity contribution in [2.24, 2.45) is 0 Å². The number of nitrogens with zero attached hydrogens (tertiary/aromatic N) is 3. The number of anilines is 2. The predicted molar refractivity (Wildman–Crippen MR) is 107 cm³/mol. The molecule has 3 rings (SSSR count). The van der Waals surface area contributed by atoms with Crippen molar-refractivity contribution in [1.82, 2.24) is 15.0 Å². The number of carbonyl (C=O) groups is 1. The number of aromatic nitrogens is 3.